The number of benzene rings is 1. The molecule has 1 saturated carbocycles. The number of halogens is 1. The van der Waals surface area contributed by atoms with Gasteiger partial charge >= 0.3 is 6.03 Å². The second kappa shape index (κ2) is 11.4. The Balaban J connectivity index is 1.73. The van der Waals surface area contributed by atoms with E-state index in [0.29, 0.717) is 12.6 Å². The van der Waals surface area contributed by atoms with E-state index < -0.39 is 0 Å². The SMILES string of the molecule is O=C(NCc1ccc(Cl)cc1)NC1CCCCCCCCCCC1. The molecule has 2 amide bonds. The van der Waals surface area contributed by atoms with Crippen molar-refractivity contribution in [3.05, 3.63) is 34.9 Å². The summed E-state index contributed by atoms with van der Waals surface area (Å²) in [6.07, 6.45) is 14.1. The minimum absolute atomic E-state index is 0.0537. The standard InChI is InChI=1S/C20H31ClN2O/c21-18-14-12-17(13-15-18)16-22-20(24)23-19-10-8-6-4-2-1-3-5-7-9-11-19/h12-15,19H,1-11,16H2,(H2,22,23,24). The van der Waals surface area contributed by atoms with Gasteiger partial charge in [-0.3, -0.25) is 0 Å². The zero-order chi connectivity index (χ0) is 17.0. The van der Waals surface area contributed by atoms with E-state index in [4.69, 9.17) is 11.6 Å². The van der Waals surface area contributed by atoms with Crippen LogP contribution >= 0.6 is 11.6 Å². The van der Waals surface area contributed by atoms with Crippen molar-refractivity contribution in [1.29, 1.82) is 0 Å². The molecule has 2 N–H and O–H groups in total. The zero-order valence-corrected chi connectivity index (χ0v) is 15.4. The summed E-state index contributed by atoms with van der Waals surface area (Å²) in [5, 5.41) is 6.85. The van der Waals surface area contributed by atoms with Gasteiger partial charge in [0.1, 0.15) is 0 Å². The van der Waals surface area contributed by atoms with Crippen molar-refractivity contribution < 1.29 is 4.79 Å². The molecule has 0 unspecified atom stereocenters. The molecular formula is C20H31ClN2O. The van der Waals surface area contributed by atoms with Crippen LogP contribution in [0.4, 0.5) is 4.79 Å². The summed E-state index contributed by atoms with van der Waals surface area (Å²) in [6, 6.07) is 7.85. The van der Waals surface area contributed by atoms with Crippen molar-refractivity contribution in [2.24, 2.45) is 0 Å². The van der Waals surface area contributed by atoms with Gasteiger partial charge in [-0.25, -0.2) is 4.79 Å². The van der Waals surface area contributed by atoms with Crippen LogP contribution in [0.2, 0.25) is 5.02 Å². The van der Waals surface area contributed by atoms with Gasteiger partial charge in [0.05, 0.1) is 0 Å². The van der Waals surface area contributed by atoms with Crippen LogP contribution in [0.1, 0.15) is 76.2 Å². The average Bonchev–Trinajstić information content (AvgIpc) is 2.57. The molecule has 1 aromatic carbocycles. The van der Waals surface area contributed by atoms with E-state index in [9.17, 15) is 4.79 Å². The van der Waals surface area contributed by atoms with Crippen LogP contribution in [-0.4, -0.2) is 12.1 Å². The lowest BCUT2D eigenvalue weighted by atomic mass is 9.98. The molecule has 134 valence electrons. The average molecular weight is 351 g/mol. The third kappa shape index (κ3) is 8.05. The van der Waals surface area contributed by atoms with Crippen molar-refractivity contribution in [2.75, 3.05) is 0 Å². The van der Waals surface area contributed by atoms with Crippen LogP contribution in [0.15, 0.2) is 24.3 Å². The van der Waals surface area contributed by atoms with E-state index in [-0.39, 0.29) is 6.03 Å². The van der Waals surface area contributed by atoms with Gasteiger partial charge in [-0.1, -0.05) is 81.5 Å². The number of carbonyl (C=O) groups is 1. The molecule has 0 spiro atoms. The number of hydrogen-bond donors (Lipinski definition) is 2. The summed E-state index contributed by atoms with van der Waals surface area (Å²) in [4.78, 5) is 12.2. The molecular weight excluding hydrogens is 320 g/mol. The monoisotopic (exact) mass is 350 g/mol. The highest BCUT2D eigenvalue weighted by Crippen LogP contribution is 2.17. The molecule has 0 aliphatic heterocycles. The predicted molar refractivity (Wildman–Crippen MR) is 101 cm³/mol. The van der Waals surface area contributed by atoms with Gasteiger partial charge in [0.15, 0.2) is 0 Å². The molecule has 4 heteroatoms. The smallest absolute Gasteiger partial charge is 0.315 e. The highest BCUT2D eigenvalue weighted by molar-refractivity contribution is 6.30. The molecule has 24 heavy (non-hydrogen) atoms. The molecule has 1 aromatic rings. The van der Waals surface area contributed by atoms with Crippen molar-refractivity contribution in [3.8, 4) is 0 Å². The molecule has 1 aliphatic rings. The Morgan fingerprint density at radius 3 is 1.92 bits per heavy atom. The van der Waals surface area contributed by atoms with E-state index in [1.54, 1.807) is 0 Å². The van der Waals surface area contributed by atoms with E-state index >= 15 is 0 Å². The highest BCUT2D eigenvalue weighted by Gasteiger charge is 2.12. The maximum Gasteiger partial charge on any atom is 0.315 e. The fraction of sp³-hybridized carbons (Fsp3) is 0.650. The van der Waals surface area contributed by atoms with Crippen molar-refractivity contribution in [1.82, 2.24) is 10.6 Å². The number of rotatable bonds is 3. The molecule has 0 bridgehead atoms. The summed E-state index contributed by atoms with van der Waals surface area (Å²) in [7, 11) is 0. The van der Waals surface area contributed by atoms with E-state index in [2.05, 4.69) is 10.6 Å². The molecule has 1 aliphatic carbocycles. The Labute approximate surface area is 151 Å². The van der Waals surface area contributed by atoms with E-state index in [1.807, 2.05) is 24.3 Å². The van der Waals surface area contributed by atoms with Gasteiger partial charge in [0.25, 0.3) is 0 Å². The lowest BCUT2D eigenvalue weighted by Gasteiger charge is -2.20. The first kappa shape index (κ1) is 19.1. The predicted octanol–water partition coefficient (Wildman–Crippen LogP) is 5.81. The first-order valence-electron chi connectivity index (χ1n) is 9.53. The number of hydrogen-bond acceptors (Lipinski definition) is 1. The Hall–Kier alpha value is -1.22. The van der Waals surface area contributed by atoms with Crippen molar-refractivity contribution >= 4 is 17.6 Å². The number of nitrogens with one attached hydrogen (secondary N) is 2. The summed E-state index contributed by atoms with van der Waals surface area (Å²) in [6.45, 7) is 0.537. The fourth-order valence-electron chi connectivity index (χ4n) is 3.33. The molecule has 0 aromatic heterocycles. The van der Waals surface area contributed by atoms with Crippen molar-refractivity contribution in [3.63, 3.8) is 0 Å². The molecule has 0 heterocycles. The molecule has 3 nitrogen and oxygen atoms in total. The largest absolute Gasteiger partial charge is 0.335 e. The lowest BCUT2D eigenvalue weighted by molar-refractivity contribution is 0.234. The molecule has 0 radical (unpaired) electrons. The van der Waals surface area contributed by atoms with Gasteiger partial charge in [0, 0.05) is 17.6 Å². The fourth-order valence-corrected chi connectivity index (χ4v) is 3.45. The molecule has 0 atom stereocenters. The minimum atomic E-state index is -0.0537. The van der Waals surface area contributed by atoms with Crippen LogP contribution in [0.3, 0.4) is 0 Å². The first-order chi connectivity index (χ1) is 11.7. The third-order valence-corrected chi connectivity index (χ3v) is 5.06. The van der Waals surface area contributed by atoms with Gasteiger partial charge in [-0.05, 0) is 30.5 Å². The molecule has 2 rings (SSSR count). The van der Waals surface area contributed by atoms with Crippen LogP contribution in [0.25, 0.3) is 0 Å². The van der Waals surface area contributed by atoms with E-state index in [1.165, 1.54) is 57.8 Å². The van der Waals surface area contributed by atoms with Crippen molar-refractivity contribution in [2.45, 2.75) is 83.2 Å². The van der Waals surface area contributed by atoms with Crippen LogP contribution in [0, 0.1) is 0 Å². The second-order valence-corrected chi connectivity index (χ2v) is 7.35. The van der Waals surface area contributed by atoms with E-state index in [0.717, 1.165) is 23.4 Å². The second-order valence-electron chi connectivity index (χ2n) is 6.91. The number of amides is 2. The third-order valence-electron chi connectivity index (χ3n) is 4.81. The highest BCUT2D eigenvalue weighted by atomic mass is 35.5. The normalized spacial score (nSPS) is 18.2. The van der Waals surface area contributed by atoms with Gasteiger partial charge in [-0.2, -0.15) is 0 Å². The van der Waals surface area contributed by atoms with Gasteiger partial charge < -0.3 is 10.6 Å². The first-order valence-corrected chi connectivity index (χ1v) is 9.90. The van der Waals surface area contributed by atoms with Gasteiger partial charge in [-0.15, -0.1) is 0 Å². The van der Waals surface area contributed by atoms with Gasteiger partial charge in [0.2, 0.25) is 0 Å². The number of urea groups is 1. The summed E-state index contributed by atoms with van der Waals surface area (Å²) in [5.41, 5.74) is 1.06. The summed E-state index contributed by atoms with van der Waals surface area (Å²) in [5.74, 6) is 0. The Bertz CT molecular complexity index is 463. The maximum atomic E-state index is 12.2. The summed E-state index contributed by atoms with van der Waals surface area (Å²) < 4.78 is 0. The Morgan fingerprint density at radius 2 is 1.38 bits per heavy atom. The molecule has 1 fully saturated rings. The van der Waals surface area contributed by atoms with Crippen LogP contribution in [-0.2, 0) is 6.54 Å². The van der Waals surface area contributed by atoms with Crippen LogP contribution < -0.4 is 10.6 Å². The topological polar surface area (TPSA) is 41.1 Å². The quantitative estimate of drug-likeness (QED) is 0.709. The zero-order valence-electron chi connectivity index (χ0n) is 14.7. The minimum Gasteiger partial charge on any atom is -0.335 e. The number of carbonyl (C=O) groups excluding carboxylic acids is 1. The lowest BCUT2D eigenvalue weighted by Crippen LogP contribution is -2.41. The Morgan fingerprint density at radius 1 is 0.875 bits per heavy atom. The Kier molecular flexibility index (Phi) is 9.04. The maximum absolute atomic E-state index is 12.2. The molecule has 0 saturated heterocycles. The van der Waals surface area contributed by atoms with Crippen LogP contribution in [0.5, 0.6) is 0 Å². The summed E-state index contributed by atoms with van der Waals surface area (Å²) >= 11 is 5.88.